The van der Waals surface area contributed by atoms with E-state index in [4.69, 9.17) is 0 Å². The van der Waals surface area contributed by atoms with Gasteiger partial charge in [0.2, 0.25) is 10.0 Å². The van der Waals surface area contributed by atoms with Crippen LogP contribution in [-0.2, 0) is 16.6 Å². The Balaban J connectivity index is 1.40. The molecule has 1 aromatic carbocycles. The second-order valence-electron chi connectivity index (χ2n) is 7.07. The number of piperidine rings is 1. The van der Waals surface area contributed by atoms with E-state index in [1.807, 2.05) is 25.1 Å². The van der Waals surface area contributed by atoms with Gasteiger partial charge in [-0.3, -0.25) is 0 Å². The fraction of sp³-hybridized carbons (Fsp3) is 0.400. The summed E-state index contributed by atoms with van der Waals surface area (Å²) < 4.78 is 29.1. The third-order valence-corrected chi connectivity index (χ3v) is 7.06. The third kappa shape index (κ3) is 3.74. The fourth-order valence-electron chi connectivity index (χ4n) is 3.67. The average molecular weight is 400 g/mol. The number of hydrogen-bond donors (Lipinski definition) is 1. The van der Waals surface area contributed by atoms with Crippen LogP contribution in [0.3, 0.4) is 0 Å². The number of rotatable bonds is 6. The lowest BCUT2D eigenvalue weighted by Crippen LogP contribution is -2.35. The normalized spacial score (nSPS) is 15.8. The van der Waals surface area contributed by atoms with E-state index in [1.54, 1.807) is 16.4 Å². The Morgan fingerprint density at radius 3 is 2.61 bits per heavy atom. The molecule has 0 spiro atoms. The number of imidazole rings is 1. The molecule has 4 rings (SSSR count). The molecular formula is C20H25N5O2S. The van der Waals surface area contributed by atoms with Crippen molar-refractivity contribution in [2.45, 2.75) is 37.6 Å². The number of aromatic nitrogens is 3. The van der Waals surface area contributed by atoms with Crippen molar-refractivity contribution in [3.63, 3.8) is 0 Å². The molecule has 0 unspecified atom stereocenters. The summed E-state index contributed by atoms with van der Waals surface area (Å²) in [5.41, 5.74) is 2.10. The fourth-order valence-corrected chi connectivity index (χ4v) is 5.13. The van der Waals surface area contributed by atoms with Crippen LogP contribution >= 0.6 is 0 Å². The summed E-state index contributed by atoms with van der Waals surface area (Å²) in [5, 5.41) is 3.26. The molecule has 1 aliphatic heterocycles. The van der Waals surface area contributed by atoms with Crippen LogP contribution in [-0.4, -0.2) is 46.9 Å². The minimum Gasteiger partial charge on any atom is -0.368 e. The van der Waals surface area contributed by atoms with Crippen molar-refractivity contribution in [1.29, 1.82) is 0 Å². The lowest BCUT2D eigenvalue weighted by atomic mass is 10.2. The number of fused-ring (bicyclic) bond motifs is 1. The Morgan fingerprint density at radius 1 is 1.07 bits per heavy atom. The molecular weight excluding hydrogens is 374 g/mol. The molecule has 8 heteroatoms. The zero-order chi connectivity index (χ0) is 19.6. The first-order chi connectivity index (χ1) is 13.6. The minimum absolute atomic E-state index is 0.261. The van der Waals surface area contributed by atoms with Gasteiger partial charge in [0, 0.05) is 32.4 Å². The maximum atomic E-state index is 12.7. The lowest BCUT2D eigenvalue weighted by Gasteiger charge is -2.25. The lowest BCUT2D eigenvalue weighted by molar-refractivity contribution is 0.346. The van der Waals surface area contributed by atoms with Crippen LogP contribution in [0.25, 0.3) is 11.0 Å². The van der Waals surface area contributed by atoms with Crippen molar-refractivity contribution in [1.82, 2.24) is 18.8 Å². The number of hydrogen-bond acceptors (Lipinski definition) is 5. The van der Waals surface area contributed by atoms with E-state index in [9.17, 15) is 8.42 Å². The van der Waals surface area contributed by atoms with Gasteiger partial charge < -0.3 is 9.88 Å². The molecule has 0 atom stereocenters. The van der Waals surface area contributed by atoms with Crippen LogP contribution in [0.2, 0.25) is 0 Å². The summed E-state index contributed by atoms with van der Waals surface area (Å²) in [5.74, 6) is 1.64. The Bertz CT molecular complexity index is 1050. The molecule has 1 saturated heterocycles. The zero-order valence-corrected chi connectivity index (χ0v) is 16.8. The Hall–Kier alpha value is -2.45. The van der Waals surface area contributed by atoms with E-state index >= 15 is 0 Å². The van der Waals surface area contributed by atoms with Gasteiger partial charge in [-0.1, -0.05) is 18.6 Å². The largest absolute Gasteiger partial charge is 0.368 e. The molecule has 0 radical (unpaired) electrons. The van der Waals surface area contributed by atoms with Crippen molar-refractivity contribution in [3.05, 3.63) is 48.4 Å². The standard InChI is InChI=1S/C20H25N5O2S/c1-16-23-18-7-3-4-8-19(18)25(16)14-11-21-20-10-9-17(15-22-20)28(26,27)24-12-5-2-6-13-24/h3-4,7-10,15H,2,5-6,11-14H2,1H3,(H,21,22). The number of sulfonamides is 1. The van der Waals surface area contributed by atoms with E-state index in [-0.39, 0.29) is 4.90 Å². The summed E-state index contributed by atoms with van der Waals surface area (Å²) >= 11 is 0. The third-order valence-electron chi connectivity index (χ3n) is 5.18. The maximum Gasteiger partial charge on any atom is 0.244 e. The van der Waals surface area contributed by atoms with Gasteiger partial charge in [-0.15, -0.1) is 0 Å². The molecule has 0 bridgehead atoms. The number of aryl methyl sites for hydroxylation is 1. The zero-order valence-electron chi connectivity index (χ0n) is 16.0. The van der Waals surface area contributed by atoms with Crippen LogP contribution in [0.4, 0.5) is 5.82 Å². The highest BCUT2D eigenvalue weighted by Gasteiger charge is 2.26. The van der Waals surface area contributed by atoms with Gasteiger partial charge in [0.1, 0.15) is 16.5 Å². The highest BCUT2D eigenvalue weighted by atomic mass is 32.2. The van der Waals surface area contributed by atoms with Crippen molar-refractivity contribution >= 4 is 26.9 Å². The number of nitrogens with zero attached hydrogens (tertiary/aromatic N) is 4. The summed E-state index contributed by atoms with van der Waals surface area (Å²) in [6, 6.07) is 11.4. The van der Waals surface area contributed by atoms with Gasteiger partial charge in [-0.25, -0.2) is 18.4 Å². The van der Waals surface area contributed by atoms with E-state index in [0.717, 1.165) is 42.7 Å². The summed E-state index contributed by atoms with van der Waals surface area (Å²) in [4.78, 5) is 9.13. The first-order valence-corrected chi connectivity index (χ1v) is 11.1. The van der Waals surface area contributed by atoms with Crippen molar-refractivity contribution < 1.29 is 8.42 Å². The van der Waals surface area contributed by atoms with Gasteiger partial charge in [-0.05, 0) is 44.0 Å². The molecule has 0 amide bonds. The number of pyridine rings is 1. The van der Waals surface area contributed by atoms with Crippen LogP contribution in [0.15, 0.2) is 47.5 Å². The molecule has 2 aromatic heterocycles. The molecule has 3 heterocycles. The average Bonchev–Trinajstić information content (AvgIpc) is 3.04. The second-order valence-corrected chi connectivity index (χ2v) is 9.01. The predicted octanol–water partition coefficient (Wildman–Crippen LogP) is 3.03. The number of anilines is 1. The van der Waals surface area contributed by atoms with E-state index in [1.165, 1.54) is 6.20 Å². The number of benzene rings is 1. The smallest absolute Gasteiger partial charge is 0.244 e. The Labute approximate surface area is 165 Å². The second kappa shape index (κ2) is 7.89. The molecule has 0 saturated carbocycles. The van der Waals surface area contributed by atoms with Crippen LogP contribution in [0, 0.1) is 6.92 Å². The molecule has 7 nitrogen and oxygen atoms in total. The molecule has 1 aliphatic rings. The van der Waals surface area contributed by atoms with E-state index in [2.05, 4.69) is 25.9 Å². The Kier molecular flexibility index (Phi) is 5.32. The van der Waals surface area contributed by atoms with Crippen molar-refractivity contribution in [3.8, 4) is 0 Å². The quantitative estimate of drug-likeness (QED) is 0.689. The highest BCUT2D eigenvalue weighted by Crippen LogP contribution is 2.21. The van der Waals surface area contributed by atoms with Crippen LogP contribution < -0.4 is 5.32 Å². The number of nitrogens with one attached hydrogen (secondary N) is 1. The molecule has 1 fully saturated rings. The van der Waals surface area contributed by atoms with Gasteiger partial charge >= 0.3 is 0 Å². The molecule has 1 N–H and O–H groups in total. The summed E-state index contributed by atoms with van der Waals surface area (Å²) in [6.45, 7) is 4.62. The van der Waals surface area contributed by atoms with Crippen molar-refractivity contribution in [2.24, 2.45) is 0 Å². The first kappa shape index (κ1) is 18.9. The van der Waals surface area contributed by atoms with Crippen molar-refractivity contribution in [2.75, 3.05) is 25.0 Å². The first-order valence-electron chi connectivity index (χ1n) is 9.68. The maximum absolute atomic E-state index is 12.7. The van der Waals surface area contributed by atoms with Crippen LogP contribution in [0.1, 0.15) is 25.1 Å². The molecule has 148 valence electrons. The van der Waals surface area contributed by atoms with Gasteiger partial charge in [0.15, 0.2) is 0 Å². The SMILES string of the molecule is Cc1nc2ccccc2n1CCNc1ccc(S(=O)(=O)N2CCCCC2)cn1. The topological polar surface area (TPSA) is 80.1 Å². The Morgan fingerprint density at radius 2 is 1.86 bits per heavy atom. The number of para-hydroxylation sites is 2. The summed E-state index contributed by atoms with van der Waals surface area (Å²) in [6.07, 6.45) is 4.40. The molecule has 3 aromatic rings. The summed E-state index contributed by atoms with van der Waals surface area (Å²) in [7, 11) is -3.43. The van der Waals surface area contributed by atoms with Gasteiger partial charge in [0.05, 0.1) is 11.0 Å². The molecule has 28 heavy (non-hydrogen) atoms. The monoisotopic (exact) mass is 399 g/mol. The van der Waals surface area contributed by atoms with Gasteiger partial charge in [0.25, 0.3) is 0 Å². The minimum atomic E-state index is -3.43. The van der Waals surface area contributed by atoms with Gasteiger partial charge in [-0.2, -0.15) is 4.31 Å². The molecule has 0 aliphatic carbocycles. The predicted molar refractivity (Wildman–Crippen MR) is 110 cm³/mol. The van der Waals surface area contributed by atoms with E-state index in [0.29, 0.717) is 25.5 Å². The van der Waals surface area contributed by atoms with E-state index < -0.39 is 10.0 Å². The van der Waals surface area contributed by atoms with Crippen LogP contribution in [0.5, 0.6) is 0 Å². The highest BCUT2D eigenvalue weighted by molar-refractivity contribution is 7.89.